The van der Waals surface area contributed by atoms with Crippen LogP contribution in [0.4, 0.5) is 17.6 Å². The Balaban J connectivity index is 2.26. The van der Waals surface area contributed by atoms with Gasteiger partial charge in [-0.25, -0.2) is 23.2 Å². The average molecular weight is 491 g/mol. The summed E-state index contributed by atoms with van der Waals surface area (Å²) in [4.78, 5) is 37.5. The number of carbonyl (C=O) groups is 1. The van der Waals surface area contributed by atoms with E-state index in [0.717, 1.165) is 23.9 Å². The second-order valence-corrected chi connectivity index (χ2v) is 8.67. The predicted octanol–water partition coefficient (Wildman–Crippen LogP) is 3.60. The van der Waals surface area contributed by atoms with Crippen LogP contribution in [0.3, 0.4) is 0 Å². The monoisotopic (exact) mass is 490 g/mol. The molecule has 3 rings (SSSR count). The molecule has 2 aromatic heterocycles. The third kappa shape index (κ3) is 4.52. The van der Waals surface area contributed by atoms with Gasteiger partial charge in [-0.2, -0.15) is 18.3 Å². The fraction of sp³-hybridized carbons (Fsp3) is 0.400. The van der Waals surface area contributed by atoms with E-state index in [0.29, 0.717) is 0 Å². The lowest BCUT2D eigenvalue weighted by atomic mass is 10.2. The van der Waals surface area contributed by atoms with Gasteiger partial charge in [0.05, 0.1) is 11.2 Å². The molecule has 0 bridgehead atoms. The molecule has 8 nitrogen and oxygen atoms in total. The molecule has 0 amide bonds. The molecule has 33 heavy (non-hydrogen) atoms. The van der Waals surface area contributed by atoms with Crippen LogP contribution in [-0.4, -0.2) is 30.5 Å². The first kappa shape index (κ1) is 24.5. The van der Waals surface area contributed by atoms with Gasteiger partial charge in [-0.3, -0.25) is 9.36 Å². The zero-order valence-corrected chi connectivity index (χ0v) is 18.9. The van der Waals surface area contributed by atoms with Crippen molar-refractivity contribution in [2.75, 3.05) is 0 Å². The fourth-order valence-corrected chi connectivity index (χ4v) is 3.41. The Hall–Kier alpha value is -3.15. The van der Waals surface area contributed by atoms with Crippen LogP contribution in [-0.2, 0) is 22.8 Å². The summed E-state index contributed by atoms with van der Waals surface area (Å²) in [5.74, 6) is -1.79. The van der Waals surface area contributed by atoms with E-state index >= 15 is 0 Å². The molecule has 0 fully saturated rings. The second kappa shape index (κ2) is 8.01. The Morgan fingerprint density at radius 2 is 1.76 bits per heavy atom. The average Bonchev–Trinajstić information content (AvgIpc) is 2.97. The zero-order valence-electron chi connectivity index (χ0n) is 18.1. The normalized spacial score (nSPS) is 13.4. The number of aromatic nitrogens is 4. The van der Waals surface area contributed by atoms with Gasteiger partial charge in [0.2, 0.25) is 0 Å². The topological polar surface area (TPSA) is 88.1 Å². The minimum Gasteiger partial charge on any atom is -0.458 e. The molecule has 0 aliphatic carbocycles. The molecule has 1 aromatic carbocycles. The number of hydrogen-bond donors (Lipinski definition) is 0. The SMILES string of the molecule is CC(C(=O)OC(C)(C)C)n1nc(Cl)c2cc(F)c(-n3c(=O)cc(C(F)(F)F)n(C)c3=O)cc21. The van der Waals surface area contributed by atoms with Crippen molar-refractivity contribution in [3.63, 3.8) is 0 Å². The lowest BCUT2D eigenvalue weighted by molar-refractivity contribution is -0.158. The highest BCUT2D eigenvalue weighted by molar-refractivity contribution is 6.34. The molecule has 2 heterocycles. The standard InChI is InChI=1S/C20H19ClF4N4O4/c1-9(17(31)33-19(2,3)4)29-12-7-13(11(22)6-10(12)16(21)26-29)28-15(30)8-14(20(23,24)25)27(5)18(28)32/h6-9H,1-5H3. The lowest BCUT2D eigenvalue weighted by Gasteiger charge is -2.22. The number of esters is 1. The maximum absolute atomic E-state index is 14.9. The zero-order chi connectivity index (χ0) is 25.0. The van der Waals surface area contributed by atoms with Crippen molar-refractivity contribution in [2.24, 2.45) is 7.05 Å². The van der Waals surface area contributed by atoms with E-state index in [1.54, 1.807) is 20.8 Å². The Bertz CT molecular complexity index is 1380. The molecule has 1 unspecified atom stereocenters. The highest BCUT2D eigenvalue weighted by Gasteiger charge is 2.35. The van der Waals surface area contributed by atoms with Crippen molar-refractivity contribution >= 4 is 28.5 Å². The van der Waals surface area contributed by atoms with Gasteiger partial charge in [-0.1, -0.05) is 11.6 Å². The molecule has 3 aromatic rings. The van der Waals surface area contributed by atoms with E-state index in [1.807, 2.05) is 0 Å². The number of rotatable bonds is 3. The number of fused-ring (bicyclic) bond motifs is 1. The first-order valence-electron chi connectivity index (χ1n) is 9.53. The van der Waals surface area contributed by atoms with E-state index in [9.17, 15) is 31.9 Å². The van der Waals surface area contributed by atoms with E-state index in [1.165, 1.54) is 6.92 Å². The molecular formula is C20H19ClF4N4O4. The summed E-state index contributed by atoms with van der Waals surface area (Å²) in [6.45, 7) is 6.42. The van der Waals surface area contributed by atoms with E-state index in [-0.39, 0.29) is 31.3 Å². The number of benzene rings is 1. The first-order valence-corrected chi connectivity index (χ1v) is 9.91. The van der Waals surface area contributed by atoms with Gasteiger partial charge in [0.1, 0.15) is 23.2 Å². The Morgan fingerprint density at radius 1 is 1.15 bits per heavy atom. The summed E-state index contributed by atoms with van der Waals surface area (Å²) in [5.41, 5.74) is -5.66. The summed E-state index contributed by atoms with van der Waals surface area (Å²) in [6, 6.07) is 1.05. The van der Waals surface area contributed by atoms with Crippen molar-refractivity contribution < 1.29 is 27.1 Å². The van der Waals surface area contributed by atoms with Gasteiger partial charge >= 0.3 is 17.8 Å². The van der Waals surface area contributed by atoms with Crippen LogP contribution in [0.2, 0.25) is 5.15 Å². The van der Waals surface area contributed by atoms with Crippen molar-refractivity contribution in [1.82, 2.24) is 18.9 Å². The molecule has 0 aliphatic rings. The van der Waals surface area contributed by atoms with Crippen LogP contribution < -0.4 is 11.2 Å². The number of alkyl halides is 3. The van der Waals surface area contributed by atoms with Crippen LogP contribution in [0.25, 0.3) is 16.6 Å². The maximum Gasteiger partial charge on any atom is 0.431 e. The molecule has 0 N–H and O–H groups in total. The number of hydrogen-bond acceptors (Lipinski definition) is 5. The van der Waals surface area contributed by atoms with Crippen molar-refractivity contribution in [1.29, 1.82) is 0 Å². The van der Waals surface area contributed by atoms with Gasteiger partial charge in [-0.15, -0.1) is 0 Å². The molecule has 0 aliphatic heterocycles. The third-order valence-corrected chi connectivity index (χ3v) is 4.98. The van der Waals surface area contributed by atoms with Crippen LogP contribution in [0, 0.1) is 5.82 Å². The number of ether oxygens (including phenoxy) is 1. The van der Waals surface area contributed by atoms with Crippen LogP contribution in [0.15, 0.2) is 27.8 Å². The van der Waals surface area contributed by atoms with Crippen LogP contribution >= 0.6 is 11.6 Å². The highest BCUT2D eigenvalue weighted by Crippen LogP contribution is 2.30. The van der Waals surface area contributed by atoms with Gasteiger partial charge in [0, 0.05) is 18.5 Å². The minimum atomic E-state index is -4.97. The lowest BCUT2D eigenvalue weighted by Crippen LogP contribution is -2.41. The second-order valence-electron chi connectivity index (χ2n) is 8.31. The van der Waals surface area contributed by atoms with Crippen molar-refractivity contribution in [2.45, 2.75) is 45.5 Å². The molecule has 0 saturated heterocycles. The molecule has 13 heteroatoms. The van der Waals surface area contributed by atoms with E-state index in [2.05, 4.69) is 5.10 Å². The largest absolute Gasteiger partial charge is 0.458 e. The summed E-state index contributed by atoms with van der Waals surface area (Å²) in [5, 5.41) is 3.91. The summed E-state index contributed by atoms with van der Waals surface area (Å²) >= 11 is 6.08. The predicted molar refractivity (Wildman–Crippen MR) is 111 cm³/mol. The Labute approximate surface area is 188 Å². The molecular weight excluding hydrogens is 472 g/mol. The molecule has 1 atom stereocenters. The molecule has 0 saturated carbocycles. The fourth-order valence-electron chi connectivity index (χ4n) is 3.18. The van der Waals surface area contributed by atoms with Gasteiger partial charge < -0.3 is 4.74 Å². The minimum absolute atomic E-state index is 0.0589. The van der Waals surface area contributed by atoms with Crippen LogP contribution in [0.5, 0.6) is 0 Å². The molecule has 0 spiro atoms. The number of nitrogens with zero attached hydrogens (tertiary/aromatic N) is 4. The summed E-state index contributed by atoms with van der Waals surface area (Å²) in [6.07, 6.45) is -4.97. The van der Waals surface area contributed by atoms with Crippen LogP contribution in [0.1, 0.15) is 39.4 Å². The third-order valence-electron chi connectivity index (χ3n) is 4.70. The summed E-state index contributed by atoms with van der Waals surface area (Å²) < 4.78 is 61.1. The smallest absolute Gasteiger partial charge is 0.431 e. The Morgan fingerprint density at radius 3 is 2.30 bits per heavy atom. The summed E-state index contributed by atoms with van der Waals surface area (Å²) in [7, 11) is 0.809. The number of halogens is 5. The van der Waals surface area contributed by atoms with E-state index < -0.39 is 52.2 Å². The van der Waals surface area contributed by atoms with Gasteiger partial charge in [0.25, 0.3) is 5.56 Å². The van der Waals surface area contributed by atoms with E-state index in [4.69, 9.17) is 16.3 Å². The molecule has 0 radical (unpaired) electrons. The first-order chi connectivity index (χ1) is 15.0. The maximum atomic E-state index is 14.9. The van der Waals surface area contributed by atoms with Crippen molar-refractivity contribution in [3.05, 3.63) is 55.7 Å². The Kier molecular flexibility index (Phi) is 5.95. The molecule has 178 valence electrons. The number of carbonyl (C=O) groups excluding carboxylic acids is 1. The van der Waals surface area contributed by atoms with Crippen molar-refractivity contribution in [3.8, 4) is 5.69 Å². The quantitative estimate of drug-likeness (QED) is 0.413. The van der Waals surface area contributed by atoms with Gasteiger partial charge in [0.15, 0.2) is 5.15 Å². The van der Waals surface area contributed by atoms with Gasteiger partial charge in [-0.05, 0) is 39.8 Å². The highest BCUT2D eigenvalue weighted by atomic mass is 35.5.